The number of rotatable bonds is 4. The van der Waals surface area contributed by atoms with Crippen LogP contribution in [0.25, 0.3) is 0 Å². The second-order valence-corrected chi connectivity index (χ2v) is 5.21. The Kier molecular flexibility index (Phi) is 3.90. The Bertz CT molecular complexity index is 438. The van der Waals surface area contributed by atoms with Crippen LogP contribution in [0, 0.1) is 12.8 Å². The first-order chi connectivity index (χ1) is 8.61. The molecule has 2 N–H and O–H groups in total. The molecule has 0 bridgehead atoms. The van der Waals surface area contributed by atoms with E-state index in [1.54, 1.807) is 6.07 Å². The number of hydrogen-bond acceptors (Lipinski definition) is 2. The number of carbonyl (C=O) groups is 1. The Labute approximate surface area is 109 Å². The van der Waals surface area contributed by atoms with Crippen LogP contribution in [0.1, 0.15) is 42.1 Å². The third kappa shape index (κ3) is 2.66. The predicted octanol–water partition coefficient (Wildman–Crippen LogP) is 2.84. The summed E-state index contributed by atoms with van der Waals surface area (Å²) in [5, 5.41) is 0. The van der Waals surface area contributed by atoms with Gasteiger partial charge in [0.05, 0.1) is 0 Å². The maximum atomic E-state index is 12.4. The molecular weight excluding hydrogens is 224 g/mol. The molecule has 3 heteroatoms. The van der Waals surface area contributed by atoms with Crippen molar-refractivity contribution in [2.24, 2.45) is 5.92 Å². The van der Waals surface area contributed by atoms with Crippen LogP contribution < -0.4 is 5.73 Å². The van der Waals surface area contributed by atoms with E-state index in [9.17, 15) is 4.79 Å². The summed E-state index contributed by atoms with van der Waals surface area (Å²) in [7, 11) is 0. The van der Waals surface area contributed by atoms with Crippen LogP contribution in [0.15, 0.2) is 18.2 Å². The molecule has 1 saturated carbocycles. The van der Waals surface area contributed by atoms with Crippen LogP contribution in [-0.4, -0.2) is 23.9 Å². The average molecular weight is 246 g/mol. The van der Waals surface area contributed by atoms with Gasteiger partial charge in [-0.05, 0) is 50.3 Å². The zero-order valence-corrected chi connectivity index (χ0v) is 11.3. The average Bonchev–Trinajstić information content (AvgIpc) is 2.31. The minimum Gasteiger partial charge on any atom is -0.398 e. The summed E-state index contributed by atoms with van der Waals surface area (Å²) in [6, 6.07) is 5.58. The summed E-state index contributed by atoms with van der Waals surface area (Å²) in [4.78, 5) is 14.3. The molecule has 2 rings (SSSR count). The van der Waals surface area contributed by atoms with Gasteiger partial charge < -0.3 is 10.6 Å². The van der Waals surface area contributed by atoms with Crippen molar-refractivity contribution in [3.8, 4) is 0 Å². The fourth-order valence-electron chi connectivity index (χ4n) is 2.30. The molecule has 0 aromatic heterocycles. The standard InChI is InChI=1S/C15H22N2O/c1-3-17(10-12-5-4-6-12)15(18)13-8-7-11(2)14(16)9-13/h7-9,12H,3-6,10,16H2,1-2H3. The van der Waals surface area contributed by atoms with Crippen LogP contribution in [0.5, 0.6) is 0 Å². The van der Waals surface area contributed by atoms with Gasteiger partial charge in [0, 0.05) is 24.3 Å². The summed E-state index contributed by atoms with van der Waals surface area (Å²) in [5.41, 5.74) is 8.29. The van der Waals surface area contributed by atoms with Crippen molar-refractivity contribution in [3.63, 3.8) is 0 Å². The smallest absolute Gasteiger partial charge is 0.253 e. The summed E-state index contributed by atoms with van der Waals surface area (Å²) < 4.78 is 0. The maximum absolute atomic E-state index is 12.4. The number of benzene rings is 1. The topological polar surface area (TPSA) is 46.3 Å². The van der Waals surface area contributed by atoms with Gasteiger partial charge in [-0.1, -0.05) is 12.5 Å². The second-order valence-electron chi connectivity index (χ2n) is 5.21. The fourth-order valence-corrected chi connectivity index (χ4v) is 2.30. The van der Waals surface area contributed by atoms with Crippen LogP contribution >= 0.6 is 0 Å². The van der Waals surface area contributed by atoms with Crippen molar-refractivity contribution in [1.29, 1.82) is 0 Å². The SMILES string of the molecule is CCN(CC1CCC1)C(=O)c1ccc(C)c(N)c1. The van der Waals surface area contributed by atoms with Crippen molar-refractivity contribution in [2.45, 2.75) is 33.1 Å². The van der Waals surface area contributed by atoms with Gasteiger partial charge in [0.25, 0.3) is 5.91 Å². The highest BCUT2D eigenvalue weighted by Crippen LogP contribution is 2.27. The molecule has 0 heterocycles. The Morgan fingerprint density at radius 1 is 1.44 bits per heavy atom. The van der Waals surface area contributed by atoms with Crippen LogP contribution in [0.4, 0.5) is 5.69 Å². The molecule has 0 radical (unpaired) electrons. The highest BCUT2D eigenvalue weighted by molar-refractivity contribution is 5.95. The molecule has 1 fully saturated rings. The number of hydrogen-bond donors (Lipinski definition) is 1. The largest absolute Gasteiger partial charge is 0.398 e. The normalized spacial score (nSPS) is 15.2. The molecule has 1 aromatic rings. The molecule has 1 aliphatic carbocycles. The van der Waals surface area contributed by atoms with Gasteiger partial charge in [0.1, 0.15) is 0 Å². The lowest BCUT2D eigenvalue weighted by molar-refractivity contribution is 0.0706. The lowest BCUT2D eigenvalue weighted by Crippen LogP contribution is -2.37. The van der Waals surface area contributed by atoms with E-state index in [-0.39, 0.29) is 5.91 Å². The first kappa shape index (κ1) is 12.9. The van der Waals surface area contributed by atoms with Crippen molar-refractivity contribution in [1.82, 2.24) is 4.90 Å². The van der Waals surface area contributed by atoms with E-state index in [1.807, 2.05) is 30.9 Å². The van der Waals surface area contributed by atoms with Gasteiger partial charge in [-0.15, -0.1) is 0 Å². The number of amides is 1. The van der Waals surface area contributed by atoms with Crippen LogP contribution in [0.2, 0.25) is 0 Å². The number of anilines is 1. The van der Waals surface area contributed by atoms with E-state index >= 15 is 0 Å². The Balaban J connectivity index is 2.09. The highest BCUT2D eigenvalue weighted by Gasteiger charge is 2.23. The third-order valence-corrected chi connectivity index (χ3v) is 3.90. The highest BCUT2D eigenvalue weighted by atomic mass is 16.2. The minimum atomic E-state index is 0.108. The van der Waals surface area contributed by atoms with Crippen molar-refractivity contribution >= 4 is 11.6 Å². The van der Waals surface area contributed by atoms with E-state index in [0.717, 1.165) is 18.7 Å². The van der Waals surface area contributed by atoms with E-state index in [1.165, 1.54) is 19.3 Å². The van der Waals surface area contributed by atoms with Gasteiger partial charge in [0.15, 0.2) is 0 Å². The number of carbonyl (C=O) groups excluding carboxylic acids is 1. The summed E-state index contributed by atoms with van der Waals surface area (Å²) in [6.07, 6.45) is 3.84. The Morgan fingerprint density at radius 2 is 2.17 bits per heavy atom. The first-order valence-corrected chi connectivity index (χ1v) is 6.77. The van der Waals surface area contributed by atoms with Gasteiger partial charge in [-0.3, -0.25) is 4.79 Å². The van der Waals surface area contributed by atoms with Gasteiger partial charge in [-0.25, -0.2) is 0 Å². The lowest BCUT2D eigenvalue weighted by atomic mass is 9.85. The first-order valence-electron chi connectivity index (χ1n) is 6.77. The molecule has 1 aromatic carbocycles. The minimum absolute atomic E-state index is 0.108. The van der Waals surface area contributed by atoms with Crippen LogP contribution in [0.3, 0.4) is 0 Å². The molecule has 0 aliphatic heterocycles. The predicted molar refractivity (Wildman–Crippen MR) is 74.5 cm³/mol. The zero-order valence-electron chi connectivity index (χ0n) is 11.3. The van der Waals surface area contributed by atoms with E-state index in [4.69, 9.17) is 5.73 Å². The summed E-state index contributed by atoms with van der Waals surface area (Å²) >= 11 is 0. The summed E-state index contributed by atoms with van der Waals surface area (Å²) in [6.45, 7) is 5.65. The summed E-state index contributed by atoms with van der Waals surface area (Å²) in [5.74, 6) is 0.813. The quantitative estimate of drug-likeness (QED) is 0.830. The second kappa shape index (κ2) is 5.42. The Hall–Kier alpha value is -1.51. The molecule has 18 heavy (non-hydrogen) atoms. The van der Waals surface area contributed by atoms with E-state index in [2.05, 4.69) is 0 Å². The lowest BCUT2D eigenvalue weighted by Gasteiger charge is -2.32. The third-order valence-electron chi connectivity index (χ3n) is 3.90. The van der Waals surface area contributed by atoms with Gasteiger partial charge in [0.2, 0.25) is 0 Å². The zero-order chi connectivity index (χ0) is 13.1. The van der Waals surface area contributed by atoms with Gasteiger partial charge >= 0.3 is 0 Å². The number of aryl methyl sites for hydroxylation is 1. The van der Waals surface area contributed by atoms with Crippen molar-refractivity contribution in [3.05, 3.63) is 29.3 Å². The maximum Gasteiger partial charge on any atom is 0.253 e. The molecule has 0 spiro atoms. The molecular formula is C15H22N2O. The molecule has 98 valence electrons. The van der Waals surface area contributed by atoms with Crippen LogP contribution in [-0.2, 0) is 0 Å². The fraction of sp³-hybridized carbons (Fsp3) is 0.533. The molecule has 1 aliphatic rings. The number of nitrogens with two attached hydrogens (primary N) is 1. The van der Waals surface area contributed by atoms with Crippen molar-refractivity contribution in [2.75, 3.05) is 18.8 Å². The Morgan fingerprint density at radius 3 is 2.67 bits per heavy atom. The van der Waals surface area contributed by atoms with E-state index < -0.39 is 0 Å². The molecule has 3 nitrogen and oxygen atoms in total. The number of nitrogens with zero attached hydrogens (tertiary/aromatic N) is 1. The molecule has 0 saturated heterocycles. The number of nitrogen functional groups attached to an aromatic ring is 1. The molecule has 0 atom stereocenters. The van der Waals surface area contributed by atoms with E-state index in [0.29, 0.717) is 17.2 Å². The molecule has 1 amide bonds. The monoisotopic (exact) mass is 246 g/mol. The molecule has 0 unspecified atom stereocenters. The van der Waals surface area contributed by atoms with Crippen molar-refractivity contribution < 1.29 is 4.79 Å². The van der Waals surface area contributed by atoms with Gasteiger partial charge in [-0.2, -0.15) is 0 Å².